The first-order valence-corrected chi connectivity index (χ1v) is 3.67. The lowest BCUT2D eigenvalue weighted by Gasteiger charge is -2.09. The van der Waals surface area contributed by atoms with Gasteiger partial charge in [0.1, 0.15) is 0 Å². The Morgan fingerprint density at radius 2 is 2.45 bits per heavy atom. The number of fused-ring (bicyclic) bond motifs is 1. The molecule has 2 aliphatic rings. The van der Waals surface area contributed by atoms with Crippen LogP contribution in [0.15, 0.2) is 12.2 Å². The summed E-state index contributed by atoms with van der Waals surface area (Å²) in [4.78, 5) is 10.6. The Hall–Kier alpha value is -0.830. The number of aliphatic carboxylic acids is 1. The molecule has 0 aromatic rings. The maximum atomic E-state index is 10.6. The first-order chi connectivity index (χ1) is 5.17. The Morgan fingerprint density at radius 3 is 2.82 bits per heavy atom. The molecule has 1 aliphatic carbocycles. The first-order valence-electron chi connectivity index (χ1n) is 3.67. The van der Waals surface area contributed by atoms with Gasteiger partial charge in [0.15, 0.2) is 0 Å². The molecule has 0 aromatic carbocycles. The molecule has 11 heavy (non-hydrogen) atoms. The number of rotatable bonds is 2. The second kappa shape index (κ2) is 1.85. The van der Waals surface area contributed by atoms with Crippen molar-refractivity contribution in [3.8, 4) is 0 Å². The van der Waals surface area contributed by atoms with Crippen LogP contribution in [0.3, 0.4) is 0 Å². The Morgan fingerprint density at radius 1 is 1.73 bits per heavy atom. The predicted molar refractivity (Wildman–Crippen MR) is 38.1 cm³/mol. The molecule has 0 amide bonds. The van der Waals surface area contributed by atoms with E-state index >= 15 is 0 Å². The highest BCUT2D eigenvalue weighted by molar-refractivity contribution is 5.88. The summed E-state index contributed by atoms with van der Waals surface area (Å²) in [6.07, 6.45) is 0.956. The number of carboxylic acid groups (broad SMARTS) is 1. The van der Waals surface area contributed by atoms with Gasteiger partial charge in [-0.3, -0.25) is 0 Å². The van der Waals surface area contributed by atoms with E-state index in [9.17, 15) is 4.79 Å². The quantitative estimate of drug-likeness (QED) is 0.594. The molecule has 60 valence electrons. The minimum atomic E-state index is -0.877. The van der Waals surface area contributed by atoms with E-state index in [-0.39, 0.29) is 5.41 Å². The van der Waals surface area contributed by atoms with Crippen molar-refractivity contribution in [2.45, 2.75) is 6.42 Å². The van der Waals surface area contributed by atoms with Crippen molar-refractivity contribution in [3.63, 3.8) is 0 Å². The number of carbonyl (C=O) groups is 1. The lowest BCUT2D eigenvalue weighted by Crippen LogP contribution is -2.15. The van der Waals surface area contributed by atoms with E-state index in [1.165, 1.54) is 0 Å². The van der Waals surface area contributed by atoms with Crippen LogP contribution in [0.5, 0.6) is 0 Å². The molecule has 0 bridgehead atoms. The summed E-state index contributed by atoms with van der Waals surface area (Å²) in [6.45, 7) is 4.84. The Bertz CT molecular complexity index is 233. The topological polar surface area (TPSA) is 46.5 Å². The maximum absolute atomic E-state index is 10.6. The van der Waals surface area contributed by atoms with Crippen LogP contribution in [-0.4, -0.2) is 24.3 Å². The van der Waals surface area contributed by atoms with Crippen LogP contribution in [0, 0.1) is 11.3 Å². The fourth-order valence-corrected chi connectivity index (χ4v) is 1.83. The van der Waals surface area contributed by atoms with Crippen LogP contribution in [0.1, 0.15) is 6.42 Å². The van der Waals surface area contributed by atoms with E-state index in [1.54, 1.807) is 0 Å². The van der Waals surface area contributed by atoms with Crippen LogP contribution in [-0.2, 0) is 9.53 Å². The number of ether oxygens (including phenoxy) is 1. The Balaban J connectivity index is 2.17. The molecule has 1 N–H and O–H groups in total. The molecule has 0 spiro atoms. The molecule has 2 atom stereocenters. The van der Waals surface area contributed by atoms with E-state index in [0.29, 0.717) is 24.7 Å². The third-order valence-corrected chi connectivity index (χ3v) is 2.77. The van der Waals surface area contributed by atoms with Crippen molar-refractivity contribution in [2.24, 2.45) is 11.3 Å². The molecule has 3 heteroatoms. The van der Waals surface area contributed by atoms with Gasteiger partial charge >= 0.3 is 5.97 Å². The van der Waals surface area contributed by atoms with E-state index < -0.39 is 5.97 Å². The van der Waals surface area contributed by atoms with Crippen LogP contribution >= 0.6 is 0 Å². The van der Waals surface area contributed by atoms with Crippen LogP contribution in [0.4, 0.5) is 0 Å². The molecule has 1 saturated carbocycles. The van der Waals surface area contributed by atoms with E-state index in [0.717, 1.165) is 6.42 Å². The van der Waals surface area contributed by atoms with E-state index in [2.05, 4.69) is 6.58 Å². The van der Waals surface area contributed by atoms with Gasteiger partial charge in [-0.1, -0.05) is 6.58 Å². The van der Waals surface area contributed by atoms with Gasteiger partial charge in [-0.05, 0) is 12.3 Å². The normalized spacial score (nSPS) is 39.8. The molecule has 2 rings (SSSR count). The SMILES string of the molecule is C=C(C(=O)O)C12COCC1C2. The number of hydrogen-bond donors (Lipinski definition) is 1. The summed E-state index contributed by atoms with van der Waals surface area (Å²) in [5.74, 6) is -0.441. The summed E-state index contributed by atoms with van der Waals surface area (Å²) in [6, 6.07) is 0. The van der Waals surface area contributed by atoms with E-state index in [1.807, 2.05) is 0 Å². The minimum Gasteiger partial charge on any atom is -0.478 e. The summed E-state index contributed by atoms with van der Waals surface area (Å²) in [5.41, 5.74) is 0.159. The fraction of sp³-hybridized carbons (Fsp3) is 0.625. The largest absolute Gasteiger partial charge is 0.478 e. The second-order valence-electron chi connectivity index (χ2n) is 3.36. The first kappa shape index (κ1) is 6.85. The summed E-state index contributed by atoms with van der Waals surface area (Å²) in [5, 5.41) is 8.68. The van der Waals surface area contributed by atoms with Gasteiger partial charge in [0, 0.05) is 11.0 Å². The Kier molecular flexibility index (Phi) is 1.16. The van der Waals surface area contributed by atoms with Crippen molar-refractivity contribution in [1.29, 1.82) is 0 Å². The van der Waals surface area contributed by atoms with Crippen molar-refractivity contribution in [1.82, 2.24) is 0 Å². The molecular formula is C8H10O3. The van der Waals surface area contributed by atoms with Gasteiger partial charge < -0.3 is 9.84 Å². The highest BCUT2D eigenvalue weighted by Gasteiger charge is 2.61. The smallest absolute Gasteiger partial charge is 0.331 e. The maximum Gasteiger partial charge on any atom is 0.331 e. The molecule has 2 unspecified atom stereocenters. The summed E-state index contributed by atoms with van der Waals surface area (Å²) < 4.78 is 5.16. The minimum absolute atomic E-state index is 0.175. The second-order valence-corrected chi connectivity index (χ2v) is 3.36. The summed E-state index contributed by atoms with van der Waals surface area (Å²) >= 11 is 0. The zero-order valence-electron chi connectivity index (χ0n) is 6.17. The monoisotopic (exact) mass is 154 g/mol. The van der Waals surface area contributed by atoms with Crippen LogP contribution in [0.25, 0.3) is 0 Å². The lowest BCUT2D eigenvalue weighted by molar-refractivity contribution is -0.133. The average Bonchev–Trinajstić information content (AvgIpc) is 2.54. The van der Waals surface area contributed by atoms with Gasteiger partial charge in [-0.15, -0.1) is 0 Å². The zero-order chi connectivity index (χ0) is 8.06. The molecule has 0 radical (unpaired) electrons. The Labute approximate surface area is 64.7 Å². The van der Waals surface area contributed by atoms with Gasteiger partial charge in [-0.25, -0.2) is 4.79 Å². The standard InChI is InChI=1S/C8H10O3/c1-5(7(9)10)8-2-6(8)3-11-4-8/h6H,1-4H2,(H,9,10). The highest BCUT2D eigenvalue weighted by Crippen LogP contribution is 2.61. The molecule has 1 saturated heterocycles. The van der Waals surface area contributed by atoms with Crippen molar-refractivity contribution >= 4 is 5.97 Å². The average molecular weight is 154 g/mol. The van der Waals surface area contributed by atoms with Crippen LogP contribution in [0.2, 0.25) is 0 Å². The van der Waals surface area contributed by atoms with Gasteiger partial charge in [-0.2, -0.15) is 0 Å². The third kappa shape index (κ3) is 0.744. The van der Waals surface area contributed by atoms with Gasteiger partial charge in [0.2, 0.25) is 0 Å². The number of hydrogen-bond acceptors (Lipinski definition) is 2. The fourth-order valence-electron chi connectivity index (χ4n) is 1.83. The molecule has 3 nitrogen and oxygen atoms in total. The summed E-state index contributed by atoms with van der Waals surface area (Å²) in [7, 11) is 0. The van der Waals surface area contributed by atoms with Gasteiger partial charge in [0.05, 0.1) is 13.2 Å². The van der Waals surface area contributed by atoms with Gasteiger partial charge in [0.25, 0.3) is 0 Å². The van der Waals surface area contributed by atoms with Crippen LogP contribution < -0.4 is 0 Å². The van der Waals surface area contributed by atoms with E-state index in [4.69, 9.17) is 9.84 Å². The lowest BCUT2D eigenvalue weighted by atomic mass is 9.97. The van der Waals surface area contributed by atoms with Crippen molar-refractivity contribution < 1.29 is 14.6 Å². The third-order valence-electron chi connectivity index (χ3n) is 2.77. The zero-order valence-corrected chi connectivity index (χ0v) is 6.17. The number of carboxylic acids is 1. The molecular weight excluding hydrogens is 144 g/mol. The highest BCUT2D eigenvalue weighted by atomic mass is 16.5. The molecule has 2 fully saturated rings. The van der Waals surface area contributed by atoms with Crippen molar-refractivity contribution in [2.75, 3.05) is 13.2 Å². The predicted octanol–water partition coefficient (Wildman–Crippen LogP) is 0.664. The van der Waals surface area contributed by atoms with Crippen molar-refractivity contribution in [3.05, 3.63) is 12.2 Å². The molecule has 0 aromatic heterocycles. The molecule has 1 aliphatic heterocycles. The molecule has 1 heterocycles.